The molecule has 1 aromatic carbocycles. The van der Waals surface area contributed by atoms with E-state index in [1.165, 1.54) is 12.1 Å². The Morgan fingerprint density at radius 3 is 2.86 bits per heavy atom. The Kier molecular flexibility index (Phi) is 4.36. The number of nitrogens with zero attached hydrogens (tertiary/aromatic N) is 4. The fourth-order valence-corrected chi connectivity index (χ4v) is 3.85. The SMILES string of the molecule is CCc1nnc(N2CCC(C)(C(N)=O)C2)n1Cc1oc2ccc(F)cc2c1C. The summed E-state index contributed by atoms with van der Waals surface area (Å²) in [6, 6.07) is 4.53. The molecule has 7 nitrogen and oxygen atoms in total. The fraction of sp³-hybridized carbons (Fsp3) is 0.450. The minimum absolute atomic E-state index is 0.287. The third kappa shape index (κ3) is 2.93. The second kappa shape index (κ2) is 6.61. The lowest BCUT2D eigenvalue weighted by molar-refractivity contribution is -0.125. The van der Waals surface area contributed by atoms with Crippen molar-refractivity contribution < 1.29 is 13.6 Å². The summed E-state index contributed by atoms with van der Waals surface area (Å²) < 4.78 is 21.6. The van der Waals surface area contributed by atoms with Gasteiger partial charge in [0.15, 0.2) is 0 Å². The first-order valence-corrected chi connectivity index (χ1v) is 9.47. The van der Waals surface area contributed by atoms with Gasteiger partial charge in [0.2, 0.25) is 11.9 Å². The van der Waals surface area contributed by atoms with Crippen molar-refractivity contribution >= 4 is 22.8 Å². The lowest BCUT2D eigenvalue weighted by Crippen LogP contribution is -2.37. The van der Waals surface area contributed by atoms with E-state index in [2.05, 4.69) is 15.1 Å². The number of hydrogen-bond acceptors (Lipinski definition) is 5. The lowest BCUT2D eigenvalue weighted by Gasteiger charge is -2.22. The maximum absolute atomic E-state index is 13.6. The number of benzene rings is 1. The second-order valence-electron chi connectivity index (χ2n) is 7.74. The maximum Gasteiger partial charge on any atom is 0.227 e. The van der Waals surface area contributed by atoms with Crippen LogP contribution in [0.15, 0.2) is 22.6 Å². The van der Waals surface area contributed by atoms with Gasteiger partial charge in [-0.1, -0.05) is 6.92 Å². The van der Waals surface area contributed by atoms with Crippen molar-refractivity contribution in [1.82, 2.24) is 14.8 Å². The Balaban J connectivity index is 1.70. The molecule has 2 N–H and O–H groups in total. The molecule has 1 fully saturated rings. The van der Waals surface area contributed by atoms with Gasteiger partial charge >= 0.3 is 0 Å². The van der Waals surface area contributed by atoms with Gasteiger partial charge in [-0.05, 0) is 38.5 Å². The third-order valence-corrected chi connectivity index (χ3v) is 5.77. The monoisotopic (exact) mass is 385 g/mol. The number of fused-ring (bicyclic) bond motifs is 1. The number of rotatable bonds is 5. The smallest absolute Gasteiger partial charge is 0.227 e. The summed E-state index contributed by atoms with van der Waals surface area (Å²) in [5.74, 6) is 1.69. The molecule has 1 aliphatic rings. The predicted molar refractivity (Wildman–Crippen MR) is 104 cm³/mol. The summed E-state index contributed by atoms with van der Waals surface area (Å²) in [6.07, 6.45) is 1.39. The summed E-state index contributed by atoms with van der Waals surface area (Å²) in [4.78, 5) is 13.9. The number of hydrogen-bond donors (Lipinski definition) is 1. The van der Waals surface area contributed by atoms with Crippen LogP contribution < -0.4 is 10.6 Å². The quantitative estimate of drug-likeness (QED) is 0.729. The minimum atomic E-state index is -0.573. The number of furan rings is 1. The minimum Gasteiger partial charge on any atom is -0.459 e. The van der Waals surface area contributed by atoms with Gasteiger partial charge in [-0.3, -0.25) is 9.36 Å². The van der Waals surface area contributed by atoms with Crippen LogP contribution in [0.1, 0.15) is 37.4 Å². The molecule has 1 aliphatic heterocycles. The molecule has 1 unspecified atom stereocenters. The molecule has 3 aromatic rings. The normalized spacial score (nSPS) is 19.6. The van der Waals surface area contributed by atoms with Crippen LogP contribution >= 0.6 is 0 Å². The van der Waals surface area contributed by atoms with Crippen molar-refractivity contribution in [3.05, 3.63) is 41.2 Å². The van der Waals surface area contributed by atoms with E-state index in [9.17, 15) is 9.18 Å². The zero-order chi connectivity index (χ0) is 20.1. The van der Waals surface area contributed by atoms with Crippen molar-refractivity contribution in [2.75, 3.05) is 18.0 Å². The Hall–Kier alpha value is -2.90. The molecule has 0 spiro atoms. The Bertz CT molecular complexity index is 1060. The zero-order valence-corrected chi connectivity index (χ0v) is 16.3. The molecule has 1 atom stereocenters. The van der Waals surface area contributed by atoms with Gasteiger partial charge in [0.1, 0.15) is 23.0 Å². The summed E-state index contributed by atoms with van der Waals surface area (Å²) >= 11 is 0. The van der Waals surface area contributed by atoms with Gasteiger partial charge in [0, 0.05) is 30.5 Å². The number of aromatic nitrogens is 3. The molecule has 8 heteroatoms. The van der Waals surface area contributed by atoms with Crippen LogP contribution in [0, 0.1) is 18.2 Å². The van der Waals surface area contributed by atoms with E-state index in [1.807, 2.05) is 25.3 Å². The molecule has 1 amide bonds. The van der Waals surface area contributed by atoms with Crippen molar-refractivity contribution in [2.24, 2.45) is 11.1 Å². The molecular formula is C20H24FN5O2. The summed E-state index contributed by atoms with van der Waals surface area (Å²) in [7, 11) is 0. The zero-order valence-electron chi connectivity index (χ0n) is 16.3. The number of nitrogens with two attached hydrogens (primary N) is 1. The van der Waals surface area contributed by atoms with Gasteiger partial charge < -0.3 is 15.1 Å². The number of aryl methyl sites for hydroxylation is 2. The topological polar surface area (TPSA) is 90.2 Å². The first kappa shape index (κ1) is 18.5. The van der Waals surface area contributed by atoms with E-state index in [1.54, 1.807) is 6.07 Å². The molecule has 0 saturated carbocycles. The number of primary amides is 1. The van der Waals surface area contributed by atoms with E-state index >= 15 is 0 Å². The molecule has 0 aliphatic carbocycles. The van der Waals surface area contributed by atoms with Crippen LogP contribution in [-0.4, -0.2) is 33.8 Å². The van der Waals surface area contributed by atoms with E-state index in [4.69, 9.17) is 10.2 Å². The van der Waals surface area contributed by atoms with Crippen molar-refractivity contribution in [3.63, 3.8) is 0 Å². The molecule has 4 rings (SSSR count). The van der Waals surface area contributed by atoms with Crippen LogP contribution in [0.2, 0.25) is 0 Å². The van der Waals surface area contributed by atoms with Gasteiger partial charge in [-0.2, -0.15) is 0 Å². The van der Waals surface area contributed by atoms with E-state index < -0.39 is 5.41 Å². The van der Waals surface area contributed by atoms with Gasteiger partial charge in [0.25, 0.3) is 0 Å². The highest BCUT2D eigenvalue weighted by Crippen LogP contribution is 2.33. The summed E-state index contributed by atoms with van der Waals surface area (Å²) in [5, 5.41) is 9.46. The van der Waals surface area contributed by atoms with Crippen LogP contribution in [0.4, 0.5) is 10.3 Å². The molecule has 1 saturated heterocycles. The first-order chi connectivity index (χ1) is 13.3. The maximum atomic E-state index is 13.6. The van der Waals surface area contributed by atoms with E-state index in [-0.39, 0.29) is 11.7 Å². The number of carbonyl (C=O) groups excluding carboxylic acids is 1. The van der Waals surface area contributed by atoms with Crippen LogP contribution in [-0.2, 0) is 17.8 Å². The summed E-state index contributed by atoms with van der Waals surface area (Å²) in [5.41, 5.74) is 6.57. The molecule has 0 radical (unpaired) electrons. The van der Waals surface area contributed by atoms with Gasteiger partial charge in [-0.15, -0.1) is 10.2 Å². The highest BCUT2D eigenvalue weighted by molar-refractivity contribution is 5.82. The summed E-state index contributed by atoms with van der Waals surface area (Å²) in [6.45, 7) is 7.46. The standard InChI is InChI=1S/C20H24FN5O2/c1-4-17-23-24-19(25-8-7-20(3,11-25)18(22)27)26(17)10-16-12(2)14-9-13(21)5-6-15(14)28-16/h5-6,9H,4,7-8,10-11H2,1-3H3,(H2,22,27). The third-order valence-electron chi connectivity index (χ3n) is 5.77. The predicted octanol–water partition coefficient (Wildman–Crippen LogP) is 2.78. The van der Waals surface area contributed by atoms with Gasteiger partial charge in [0.05, 0.1) is 12.0 Å². The second-order valence-corrected chi connectivity index (χ2v) is 7.74. The van der Waals surface area contributed by atoms with Crippen molar-refractivity contribution in [2.45, 2.75) is 40.2 Å². The first-order valence-electron chi connectivity index (χ1n) is 9.47. The lowest BCUT2D eigenvalue weighted by atomic mass is 9.89. The fourth-order valence-electron chi connectivity index (χ4n) is 3.85. The molecule has 0 bridgehead atoms. The Morgan fingerprint density at radius 2 is 2.18 bits per heavy atom. The highest BCUT2D eigenvalue weighted by Gasteiger charge is 2.40. The van der Waals surface area contributed by atoms with Gasteiger partial charge in [-0.25, -0.2) is 4.39 Å². The molecule has 28 heavy (non-hydrogen) atoms. The number of carbonyl (C=O) groups is 1. The number of amides is 1. The van der Waals surface area contributed by atoms with Crippen molar-refractivity contribution in [1.29, 1.82) is 0 Å². The highest BCUT2D eigenvalue weighted by atomic mass is 19.1. The average Bonchev–Trinajstić information content (AvgIpc) is 3.33. The Labute approximate surface area is 162 Å². The molecule has 148 valence electrons. The number of anilines is 1. The van der Waals surface area contributed by atoms with E-state index in [0.29, 0.717) is 44.0 Å². The average molecular weight is 385 g/mol. The largest absolute Gasteiger partial charge is 0.459 e. The molecule has 2 aromatic heterocycles. The Morgan fingerprint density at radius 1 is 1.39 bits per heavy atom. The van der Waals surface area contributed by atoms with E-state index in [0.717, 1.165) is 22.5 Å². The number of halogens is 1. The van der Waals surface area contributed by atoms with Crippen LogP contribution in [0.25, 0.3) is 11.0 Å². The molecular weight excluding hydrogens is 361 g/mol. The van der Waals surface area contributed by atoms with Crippen LogP contribution in [0.5, 0.6) is 0 Å². The van der Waals surface area contributed by atoms with Crippen molar-refractivity contribution in [3.8, 4) is 0 Å². The molecule has 3 heterocycles. The van der Waals surface area contributed by atoms with Crippen LogP contribution in [0.3, 0.4) is 0 Å².